The third-order valence-electron chi connectivity index (χ3n) is 9.30. The third-order valence-corrected chi connectivity index (χ3v) is 9.30. The van der Waals surface area contributed by atoms with E-state index in [0.29, 0.717) is 17.7 Å². The van der Waals surface area contributed by atoms with E-state index >= 15 is 0 Å². The molecule has 4 amide bonds. The molecule has 5 rings (SSSR count). The van der Waals surface area contributed by atoms with E-state index in [-0.39, 0.29) is 61.7 Å². The number of carbonyl (C=O) groups is 5. The molecule has 0 radical (unpaired) electrons. The summed E-state index contributed by atoms with van der Waals surface area (Å²) < 4.78 is 15.9. The number of primary amides is 1. The molecule has 1 aliphatic carbocycles. The lowest BCUT2D eigenvalue weighted by Crippen LogP contribution is -2.46. The van der Waals surface area contributed by atoms with Crippen LogP contribution in [0.15, 0.2) is 97.1 Å². The number of nitrogens with zero attached hydrogens (tertiary/aromatic N) is 1. The first kappa shape index (κ1) is 40.4. The average Bonchev–Trinajstić information content (AvgIpc) is 3.50. The molecule has 0 spiro atoms. The van der Waals surface area contributed by atoms with Crippen molar-refractivity contribution in [2.45, 2.75) is 51.7 Å². The number of nitrogens with one attached hydrogen (secondary N) is 3. The monoisotopic (exact) mass is 765 g/mol. The molecule has 4 aromatic rings. The molecule has 0 aromatic heterocycles. The van der Waals surface area contributed by atoms with Crippen molar-refractivity contribution in [3.63, 3.8) is 0 Å². The molecule has 0 bridgehead atoms. The van der Waals surface area contributed by atoms with E-state index in [1.165, 1.54) is 24.3 Å². The van der Waals surface area contributed by atoms with Gasteiger partial charge in [0.15, 0.2) is 5.78 Å². The van der Waals surface area contributed by atoms with Crippen LogP contribution in [-0.4, -0.2) is 54.1 Å². The molecule has 2 atom stereocenters. The summed E-state index contributed by atoms with van der Waals surface area (Å²) in [7, 11) is 0. The summed E-state index contributed by atoms with van der Waals surface area (Å²) in [6.45, 7) is 3.70. The molecular weight excluding hydrogens is 722 g/mol. The van der Waals surface area contributed by atoms with E-state index < -0.39 is 41.1 Å². The number of hydrogen-bond acceptors (Lipinski definition) is 10. The van der Waals surface area contributed by atoms with E-state index in [4.69, 9.17) is 19.9 Å². The van der Waals surface area contributed by atoms with Crippen molar-refractivity contribution in [3.05, 3.63) is 124 Å². The van der Waals surface area contributed by atoms with Gasteiger partial charge >= 0.3 is 18.3 Å². The van der Waals surface area contributed by atoms with E-state index in [1.54, 1.807) is 38.1 Å². The molecule has 1 aliphatic rings. The lowest BCUT2D eigenvalue weighted by atomic mass is 9.89. The predicted molar refractivity (Wildman–Crippen MR) is 206 cm³/mol. The minimum absolute atomic E-state index is 0.0739. The first-order valence-corrected chi connectivity index (χ1v) is 18.1. The van der Waals surface area contributed by atoms with Crippen LogP contribution in [0, 0.1) is 22.0 Å². The topological polar surface area (TPSA) is 218 Å². The molecule has 0 saturated carbocycles. The maximum absolute atomic E-state index is 13.7. The Morgan fingerprint density at radius 3 is 2.05 bits per heavy atom. The summed E-state index contributed by atoms with van der Waals surface area (Å²) in [5.41, 5.74) is 10.3. The van der Waals surface area contributed by atoms with Gasteiger partial charge < -0.3 is 35.9 Å². The lowest BCUT2D eigenvalue weighted by molar-refractivity contribution is -0.384. The van der Waals surface area contributed by atoms with Gasteiger partial charge in [-0.25, -0.2) is 14.4 Å². The summed E-state index contributed by atoms with van der Waals surface area (Å²) in [4.78, 5) is 74.0. The highest BCUT2D eigenvalue weighted by molar-refractivity contribution is 5.97. The molecule has 0 heterocycles. The number of urea groups is 1. The van der Waals surface area contributed by atoms with Crippen LogP contribution in [0.5, 0.6) is 5.75 Å². The Labute approximate surface area is 323 Å². The van der Waals surface area contributed by atoms with Gasteiger partial charge in [0.05, 0.1) is 11.0 Å². The summed E-state index contributed by atoms with van der Waals surface area (Å²) >= 11 is 0. The Hall–Kier alpha value is -6.77. The van der Waals surface area contributed by atoms with Crippen molar-refractivity contribution < 1.29 is 43.1 Å². The number of amides is 4. The molecule has 0 fully saturated rings. The van der Waals surface area contributed by atoms with Gasteiger partial charge in [0.1, 0.15) is 19.0 Å². The molecule has 15 heteroatoms. The van der Waals surface area contributed by atoms with Crippen molar-refractivity contribution in [2.24, 2.45) is 17.6 Å². The van der Waals surface area contributed by atoms with Crippen LogP contribution in [0.2, 0.25) is 0 Å². The van der Waals surface area contributed by atoms with Gasteiger partial charge in [-0.15, -0.1) is 0 Å². The number of ether oxygens (including phenoxy) is 3. The summed E-state index contributed by atoms with van der Waals surface area (Å²) in [6, 6.07) is 25.7. The van der Waals surface area contributed by atoms with E-state index in [9.17, 15) is 34.1 Å². The molecular formula is C41H43N5O10. The number of nitrogens with two attached hydrogens (primary N) is 1. The minimum Gasteiger partial charge on any atom is -0.449 e. The van der Waals surface area contributed by atoms with Gasteiger partial charge in [0.2, 0.25) is 5.91 Å². The SMILES string of the molecule is CC(C)[C@H](NC(=O)OCC1c2ccccc2-c2ccccc21)C(=O)C[C@H](CCCNC(N)=O)C(=O)Nc1ccc(COC(=O)Oc2ccc([N+](=O)[O-])cc2)cc1. The molecule has 56 heavy (non-hydrogen) atoms. The Morgan fingerprint density at radius 2 is 1.46 bits per heavy atom. The van der Waals surface area contributed by atoms with Crippen molar-refractivity contribution >= 4 is 41.3 Å². The fourth-order valence-corrected chi connectivity index (χ4v) is 6.47. The van der Waals surface area contributed by atoms with Crippen molar-refractivity contribution in [3.8, 4) is 16.9 Å². The Kier molecular flexibility index (Phi) is 13.7. The molecule has 0 unspecified atom stereocenters. The highest BCUT2D eigenvalue weighted by atomic mass is 16.7. The number of fused-ring (bicyclic) bond motifs is 3. The Bertz CT molecular complexity index is 2010. The zero-order chi connectivity index (χ0) is 40.2. The summed E-state index contributed by atoms with van der Waals surface area (Å²) in [6.07, 6.45) is -1.36. The number of ketones is 1. The number of alkyl carbamates (subject to hydrolysis) is 1. The fourth-order valence-electron chi connectivity index (χ4n) is 6.47. The van der Waals surface area contributed by atoms with Gasteiger partial charge in [-0.05, 0) is 70.8 Å². The first-order valence-electron chi connectivity index (χ1n) is 18.1. The number of carbonyl (C=O) groups excluding carboxylic acids is 5. The molecule has 292 valence electrons. The molecule has 0 saturated heterocycles. The Balaban J connectivity index is 1.16. The third kappa shape index (κ3) is 10.9. The smallest absolute Gasteiger partial charge is 0.449 e. The number of Topliss-reactive ketones (excluding diaryl/α,β-unsaturated/α-hetero) is 1. The highest BCUT2D eigenvalue weighted by Crippen LogP contribution is 2.44. The highest BCUT2D eigenvalue weighted by Gasteiger charge is 2.32. The second kappa shape index (κ2) is 19.0. The maximum atomic E-state index is 13.7. The number of nitro groups is 1. The second-order valence-electron chi connectivity index (χ2n) is 13.6. The molecule has 15 nitrogen and oxygen atoms in total. The Morgan fingerprint density at radius 1 is 0.839 bits per heavy atom. The van der Waals surface area contributed by atoms with Gasteiger partial charge in [-0.1, -0.05) is 74.5 Å². The first-order chi connectivity index (χ1) is 26.9. The maximum Gasteiger partial charge on any atom is 0.514 e. The lowest BCUT2D eigenvalue weighted by Gasteiger charge is -2.24. The van der Waals surface area contributed by atoms with Crippen LogP contribution >= 0.6 is 0 Å². The second-order valence-corrected chi connectivity index (χ2v) is 13.6. The zero-order valence-electron chi connectivity index (χ0n) is 30.9. The van der Waals surface area contributed by atoms with Crippen molar-refractivity contribution in [1.29, 1.82) is 0 Å². The normalized spacial score (nSPS) is 12.7. The van der Waals surface area contributed by atoms with Crippen LogP contribution in [-0.2, 0) is 25.7 Å². The standard InChI is InChI=1S/C41H43N5O10/c1-25(2)37(45-40(50)54-24-35-33-11-5-3-9-31(33)32-10-4-6-12-34(32)35)36(47)22-27(8-7-21-43-39(42)49)38(48)44-28-15-13-26(14-16-28)23-55-41(51)56-30-19-17-29(18-20-30)46(52)53/h3-6,9-20,25,27,35,37H,7-8,21-24H2,1-2H3,(H,44,48)(H,45,50)(H3,42,43,49)/t27-,37-/m0/s1. The number of anilines is 1. The quantitative estimate of drug-likeness (QED) is 0.0288. The number of non-ortho nitro benzene ring substituents is 1. The van der Waals surface area contributed by atoms with Crippen LogP contribution in [0.25, 0.3) is 11.1 Å². The van der Waals surface area contributed by atoms with Gasteiger partial charge in [0, 0.05) is 42.6 Å². The van der Waals surface area contributed by atoms with Crippen LogP contribution in [0.3, 0.4) is 0 Å². The van der Waals surface area contributed by atoms with Crippen LogP contribution in [0.1, 0.15) is 55.7 Å². The largest absolute Gasteiger partial charge is 0.514 e. The minimum atomic E-state index is -1.01. The predicted octanol–water partition coefficient (Wildman–Crippen LogP) is 6.84. The number of nitro benzene ring substituents is 1. The van der Waals surface area contributed by atoms with Gasteiger partial charge in [-0.3, -0.25) is 19.7 Å². The number of hydrogen-bond donors (Lipinski definition) is 4. The van der Waals surface area contributed by atoms with Gasteiger partial charge in [0.25, 0.3) is 5.69 Å². The van der Waals surface area contributed by atoms with Crippen LogP contribution < -0.4 is 26.4 Å². The average molecular weight is 766 g/mol. The summed E-state index contributed by atoms with van der Waals surface area (Å²) in [5, 5.41) is 18.8. The fraction of sp³-hybridized carbons (Fsp3) is 0.293. The van der Waals surface area contributed by atoms with E-state index in [2.05, 4.69) is 16.0 Å². The van der Waals surface area contributed by atoms with Gasteiger partial charge in [-0.2, -0.15) is 0 Å². The summed E-state index contributed by atoms with van der Waals surface area (Å²) in [5.74, 6) is -2.02. The van der Waals surface area contributed by atoms with Crippen molar-refractivity contribution in [2.75, 3.05) is 18.5 Å². The molecule has 0 aliphatic heterocycles. The van der Waals surface area contributed by atoms with Crippen molar-refractivity contribution in [1.82, 2.24) is 10.6 Å². The molecule has 5 N–H and O–H groups in total. The van der Waals surface area contributed by atoms with E-state index in [0.717, 1.165) is 22.3 Å². The number of rotatable bonds is 17. The zero-order valence-corrected chi connectivity index (χ0v) is 30.9. The number of benzene rings is 4. The molecule has 4 aromatic carbocycles. The van der Waals surface area contributed by atoms with E-state index in [1.807, 2.05) is 48.5 Å². The van der Waals surface area contributed by atoms with Crippen LogP contribution in [0.4, 0.5) is 25.8 Å².